The second-order valence-corrected chi connectivity index (χ2v) is 6.81. The Balaban J connectivity index is 2.89. The van der Waals surface area contributed by atoms with Gasteiger partial charge in [-0.15, -0.1) is 0 Å². The van der Waals surface area contributed by atoms with Gasteiger partial charge >= 0.3 is 11.9 Å². The topological polar surface area (TPSA) is 52.6 Å². The normalized spacial score (nSPS) is 15.3. The molecule has 1 rings (SSSR count). The summed E-state index contributed by atoms with van der Waals surface area (Å²) in [7, 11) is 0. The predicted octanol–water partition coefficient (Wildman–Crippen LogP) is 4.20. The van der Waals surface area contributed by atoms with Crippen LogP contribution in [0.25, 0.3) is 0 Å². The first-order valence-corrected chi connectivity index (χ1v) is 8.47. The first-order chi connectivity index (χ1) is 10.8. The lowest BCUT2D eigenvalue weighted by atomic mass is 9.72. The molecule has 0 spiro atoms. The molecule has 0 aliphatic heterocycles. The second kappa shape index (κ2) is 8.90. The Labute approximate surface area is 139 Å². The van der Waals surface area contributed by atoms with E-state index in [0.717, 1.165) is 25.7 Å². The summed E-state index contributed by atoms with van der Waals surface area (Å²) < 4.78 is 10.9. The van der Waals surface area contributed by atoms with E-state index in [9.17, 15) is 9.59 Å². The highest BCUT2D eigenvalue weighted by atomic mass is 16.5. The molecule has 0 saturated heterocycles. The van der Waals surface area contributed by atoms with Crippen LogP contribution in [0, 0.1) is 11.3 Å². The highest BCUT2D eigenvalue weighted by Crippen LogP contribution is 2.44. The van der Waals surface area contributed by atoms with Gasteiger partial charge < -0.3 is 9.47 Å². The zero-order valence-corrected chi connectivity index (χ0v) is 14.8. The zero-order chi connectivity index (χ0) is 17.5. The van der Waals surface area contributed by atoms with Crippen LogP contribution in [0.15, 0.2) is 24.3 Å². The standard InChI is InChI=1S/C19H30O4/c1-6-11-19(16-9-7-8-10-16,12-22-17(20)14(2)3)13-23-18(21)15(4)5/h16H,2,4,6-13H2,1,3,5H3. The lowest BCUT2D eigenvalue weighted by Crippen LogP contribution is -2.40. The van der Waals surface area contributed by atoms with Crippen molar-refractivity contribution in [3.63, 3.8) is 0 Å². The van der Waals surface area contributed by atoms with Crippen LogP contribution < -0.4 is 0 Å². The van der Waals surface area contributed by atoms with Crippen LogP contribution in [0.3, 0.4) is 0 Å². The van der Waals surface area contributed by atoms with E-state index in [2.05, 4.69) is 20.1 Å². The third kappa shape index (κ3) is 5.52. The molecule has 1 saturated carbocycles. The van der Waals surface area contributed by atoms with Crippen molar-refractivity contribution < 1.29 is 19.1 Å². The minimum absolute atomic E-state index is 0.278. The zero-order valence-electron chi connectivity index (χ0n) is 14.8. The van der Waals surface area contributed by atoms with E-state index in [4.69, 9.17) is 9.47 Å². The van der Waals surface area contributed by atoms with E-state index in [1.165, 1.54) is 12.8 Å². The summed E-state index contributed by atoms with van der Waals surface area (Å²) in [6.07, 6.45) is 6.36. The first-order valence-electron chi connectivity index (χ1n) is 8.47. The van der Waals surface area contributed by atoms with Crippen LogP contribution in [0.2, 0.25) is 0 Å². The largest absolute Gasteiger partial charge is 0.462 e. The van der Waals surface area contributed by atoms with E-state index in [-0.39, 0.29) is 30.6 Å². The fraction of sp³-hybridized carbons (Fsp3) is 0.684. The molecule has 1 fully saturated rings. The van der Waals surface area contributed by atoms with E-state index < -0.39 is 0 Å². The summed E-state index contributed by atoms with van der Waals surface area (Å²) in [5, 5.41) is 0. The van der Waals surface area contributed by atoms with Crippen molar-refractivity contribution in [1.29, 1.82) is 0 Å². The molecule has 0 heterocycles. The number of rotatable bonds is 9. The van der Waals surface area contributed by atoms with Gasteiger partial charge in [0.15, 0.2) is 0 Å². The van der Waals surface area contributed by atoms with Crippen LogP contribution in [-0.2, 0) is 19.1 Å². The molecule has 0 amide bonds. The molecule has 0 atom stereocenters. The van der Waals surface area contributed by atoms with E-state index in [1.807, 2.05) is 0 Å². The van der Waals surface area contributed by atoms with Gasteiger partial charge in [0, 0.05) is 16.6 Å². The van der Waals surface area contributed by atoms with Crippen molar-refractivity contribution in [1.82, 2.24) is 0 Å². The molecule has 0 unspecified atom stereocenters. The maximum atomic E-state index is 11.8. The molecule has 1 aliphatic carbocycles. The Bertz CT molecular complexity index is 428. The molecule has 0 aromatic carbocycles. The molecule has 0 aromatic heterocycles. The molecule has 4 heteroatoms. The fourth-order valence-electron chi connectivity index (χ4n) is 3.33. The number of carbonyl (C=O) groups excluding carboxylic acids is 2. The van der Waals surface area contributed by atoms with Crippen molar-refractivity contribution in [2.75, 3.05) is 13.2 Å². The van der Waals surface area contributed by atoms with E-state index >= 15 is 0 Å². The SMILES string of the molecule is C=C(C)C(=O)OCC(CCC)(COC(=O)C(=C)C)C1CCCC1. The molecule has 23 heavy (non-hydrogen) atoms. The van der Waals surface area contributed by atoms with Gasteiger partial charge in [-0.2, -0.15) is 0 Å². The molecular formula is C19H30O4. The Kier molecular flexibility index (Phi) is 7.53. The fourth-order valence-corrected chi connectivity index (χ4v) is 3.33. The monoisotopic (exact) mass is 322 g/mol. The van der Waals surface area contributed by atoms with Crippen LogP contribution >= 0.6 is 0 Å². The van der Waals surface area contributed by atoms with Crippen LogP contribution in [0.1, 0.15) is 59.3 Å². The van der Waals surface area contributed by atoms with Crippen LogP contribution in [-0.4, -0.2) is 25.2 Å². The van der Waals surface area contributed by atoms with Crippen LogP contribution in [0.5, 0.6) is 0 Å². The first kappa shape index (κ1) is 19.5. The van der Waals surface area contributed by atoms with Crippen molar-refractivity contribution in [3.8, 4) is 0 Å². The quantitative estimate of drug-likeness (QED) is 0.471. The number of hydrogen-bond acceptors (Lipinski definition) is 4. The Hall–Kier alpha value is -1.58. The number of esters is 2. The summed E-state index contributed by atoms with van der Waals surface area (Å²) in [6.45, 7) is 13.2. The smallest absolute Gasteiger partial charge is 0.333 e. The van der Waals surface area contributed by atoms with Gasteiger partial charge in [0.2, 0.25) is 0 Å². The molecular weight excluding hydrogens is 292 g/mol. The maximum absolute atomic E-state index is 11.8. The van der Waals surface area contributed by atoms with Gasteiger partial charge in [0.05, 0.1) is 0 Å². The average molecular weight is 322 g/mol. The van der Waals surface area contributed by atoms with Gasteiger partial charge in [-0.3, -0.25) is 0 Å². The van der Waals surface area contributed by atoms with Crippen molar-refractivity contribution in [2.24, 2.45) is 11.3 Å². The average Bonchev–Trinajstić information content (AvgIpc) is 3.04. The Morgan fingerprint density at radius 2 is 1.43 bits per heavy atom. The minimum atomic E-state index is -0.380. The van der Waals surface area contributed by atoms with Gasteiger partial charge in [-0.05, 0) is 39.0 Å². The van der Waals surface area contributed by atoms with Crippen LogP contribution in [0.4, 0.5) is 0 Å². The summed E-state index contributed by atoms with van der Waals surface area (Å²) >= 11 is 0. The molecule has 0 radical (unpaired) electrons. The predicted molar refractivity (Wildman–Crippen MR) is 90.8 cm³/mol. The molecule has 0 N–H and O–H groups in total. The van der Waals surface area contributed by atoms with Crippen molar-refractivity contribution in [2.45, 2.75) is 59.3 Å². The molecule has 1 aliphatic rings. The molecule has 0 bridgehead atoms. The Morgan fingerprint density at radius 3 is 1.78 bits per heavy atom. The van der Waals surface area contributed by atoms with Crippen molar-refractivity contribution in [3.05, 3.63) is 24.3 Å². The third-order valence-electron chi connectivity index (χ3n) is 4.65. The summed E-state index contributed by atoms with van der Waals surface area (Å²) in [4.78, 5) is 23.6. The summed E-state index contributed by atoms with van der Waals surface area (Å²) in [5.41, 5.74) is 0.475. The van der Waals surface area contributed by atoms with Gasteiger partial charge in [-0.1, -0.05) is 39.3 Å². The number of carbonyl (C=O) groups is 2. The number of hydrogen-bond donors (Lipinski definition) is 0. The molecule has 4 nitrogen and oxygen atoms in total. The lowest BCUT2D eigenvalue weighted by Gasteiger charge is -2.38. The van der Waals surface area contributed by atoms with E-state index in [1.54, 1.807) is 13.8 Å². The molecule has 0 aromatic rings. The van der Waals surface area contributed by atoms with Gasteiger partial charge in [0.25, 0.3) is 0 Å². The Morgan fingerprint density at radius 1 is 1.00 bits per heavy atom. The van der Waals surface area contributed by atoms with Gasteiger partial charge in [0.1, 0.15) is 13.2 Å². The lowest BCUT2D eigenvalue weighted by molar-refractivity contribution is -0.153. The third-order valence-corrected chi connectivity index (χ3v) is 4.65. The minimum Gasteiger partial charge on any atom is -0.462 e. The highest BCUT2D eigenvalue weighted by Gasteiger charge is 2.42. The van der Waals surface area contributed by atoms with Crippen molar-refractivity contribution >= 4 is 11.9 Å². The summed E-state index contributed by atoms with van der Waals surface area (Å²) in [5.74, 6) is -0.345. The van der Waals surface area contributed by atoms with Gasteiger partial charge in [-0.25, -0.2) is 9.59 Å². The molecule has 130 valence electrons. The van der Waals surface area contributed by atoms with E-state index in [0.29, 0.717) is 17.1 Å². The second-order valence-electron chi connectivity index (χ2n) is 6.81. The summed E-state index contributed by atoms with van der Waals surface area (Å²) in [6, 6.07) is 0. The highest BCUT2D eigenvalue weighted by molar-refractivity contribution is 5.87. The number of ether oxygens (including phenoxy) is 2. The maximum Gasteiger partial charge on any atom is 0.333 e.